The summed E-state index contributed by atoms with van der Waals surface area (Å²) in [6.45, 7) is 0. The Morgan fingerprint density at radius 2 is 0.661 bits per heavy atom. The van der Waals surface area contributed by atoms with Crippen molar-refractivity contribution in [2.24, 2.45) is 0 Å². The summed E-state index contributed by atoms with van der Waals surface area (Å²) in [5.74, 6) is 1.89. The molecule has 0 saturated carbocycles. The van der Waals surface area contributed by atoms with Crippen LogP contribution in [0.25, 0.3) is 112 Å². The molecule has 0 amide bonds. The predicted octanol–water partition coefficient (Wildman–Crippen LogP) is 13.4. The van der Waals surface area contributed by atoms with Gasteiger partial charge in [-0.25, -0.2) is 24.9 Å². The summed E-state index contributed by atoms with van der Waals surface area (Å²) in [5, 5.41) is 0.959. The lowest BCUT2D eigenvalue weighted by Gasteiger charge is -2.11. The molecule has 8 aromatic carbocycles. The van der Waals surface area contributed by atoms with E-state index in [1.54, 1.807) is 0 Å². The van der Waals surface area contributed by atoms with Crippen molar-refractivity contribution >= 4 is 33.2 Å². The Hall–Kier alpha value is -8.09. The second-order valence-corrected chi connectivity index (χ2v) is 14.5. The van der Waals surface area contributed by atoms with Gasteiger partial charge in [-0.1, -0.05) is 170 Å². The minimum absolute atomic E-state index is 0.555. The number of hydrogen-bond donors (Lipinski definition) is 0. The van der Waals surface area contributed by atoms with E-state index in [4.69, 9.17) is 29.3 Å². The molecule has 11 rings (SSSR count). The number of para-hydroxylation sites is 2. The average Bonchev–Trinajstić information content (AvgIpc) is 3.68. The lowest BCUT2D eigenvalue weighted by atomic mass is 9.97. The Labute approximate surface area is 340 Å². The molecule has 6 nitrogen and oxygen atoms in total. The summed E-state index contributed by atoms with van der Waals surface area (Å²) in [4.78, 5) is 24.5. The first-order chi connectivity index (χ1) is 29.2. The van der Waals surface area contributed by atoms with Crippen LogP contribution in [0.5, 0.6) is 0 Å². The van der Waals surface area contributed by atoms with Crippen LogP contribution in [0.1, 0.15) is 0 Å². The van der Waals surface area contributed by atoms with Gasteiger partial charge in [0.15, 0.2) is 17.5 Å². The average molecular weight is 756 g/mol. The van der Waals surface area contributed by atoms with E-state index in [-0.39, 0.29) is 0 Å². The Morgan fingerprint density at radius 1 is 0.271 bits per heavy atom. The second-order valence-electron chi connectivity index (χ2n) is 14.5. The van der Waals surface area contributed by atoms with Crippen molar-refractivity contribution < 1.29 is 4.42 Å². The SMILES string of the molecule is c1ccc(-c2ccc(-c3nc(-c4ccccc4)nc(-c4cccc(-c5ccc(-c6ccc(-c7ccc8oc9nc%10ccccc%10nc9c8c7)cc6)cc5)c4)n3)cc2)cc1. The zero-order chi connectivity index (χ0) is 39.1. The summed E-state index contributed by atoms with van der Waals surface area (Å²) >= 11 is 0. The number of rotatable bonds is 7. The molecule has 3 heterocycles. The number of aromatic nitrogens is 5. The fourth-order valence-corrected chi connectivity index (χ4v) is 7.66. The maximum Gasteiger partial charge on any atom is 0.246 e. The standard InChI is InChI=1S/C53H33N5O/c1-3-10-34(11-4-1)35-26-28-41(29-27-35)51-56-50(40-12-5-2-6-13-40)57-52(58-51)44-15-9-14-42(32-44)38-22-18-36(19-23-38)37-20-24-39(25-21-37)43-30-31-48-45(33-43)49-53(59-48)55-47-17-8-7-16-46(47)54-49/h1-33H. The van der Waals surface area contributed by atoms with Gasteiger partial charge in [0.05, 0.1) is 11.0 Å². The van der Waals surface area contributed by atoms with E-state index in [2.05, 4.69) is 133 Å². The molecule has 0 aliphatic heterocycles. The highest BCUT2D eigenvalue weighted by Crippen LogP contribution is 2.34. The van der Waals surface area contributed by atoms with Gasteiger partial charge in [0.25, 0.3) is 0 Å². The fourth-order valence-electron chi connectivity index (χ4n) is 7.66. The molecule has 0 radical (unpaired) electrons. The van der Waals surface area contributed by atoms with Gasteiger partial charge < -0.3 is 4.42 Å². The Bertz CT molecular complexity index is 3290. The maximum atomic E-state index is 6.07. The van der Waals surface area contributed by atoms with Crippen LogP contribution in [0.15, 0.2) is 205 Å². The van der Waals surface area contributed by atoms with Gasteiger partial charge in [-0.2, -0.15) is 0 Å². The molecule has 0 aliphatic carbocycles. The summed E-state index contributed by atoms with van der Waals surface area (Å²) < 4.78 is 6.07. The first kappa shape index (κ1) is 34.2. The molecule has 0 bridgehead atoms. The summed E-state index contributed by atoms with van der Waals surface area (Å²) in [7, 11) is 0. The zero-order valence-electron chi connectivity index (χ0n) is 31.7. The third kappa shape index (κ3) is 6.58. The monoisotopic (exact) mass is 755 g/mol. The number of hydrogen-bond acceptors (Lipinski definition) is 6. The largest absolute Gasteiger partial charge is 0.436 e. The van der Waals surface area contributed by atoms with E-state index in [0.29, 0.717) is 23.2 Å². The molecule has 0 saturated heterocycles. The summed E-state index contributed by atoms with van der Waals surface area (Å²) in [5.41, 5.74) is 15.6. The lowest BCUT2D eigenvalue weighted by molar-refractivity contribution is 0.655. The van der Waals surface area contributed by atoms with Gasteiger partial charge >= 0.3 is 0 Å². The van der Waals surface area contributed by atoms with Crippen molar-refractivity contribution in [3.8, 4) is 78.7 Å². The Balaban J connectivity index is 0.870. The van der Waals surface area contributed by atoms with Crippen LogP contribution in [0.3, 0.4) is 0 Å². The molecule has 0 spiro atoms. The Morgan fingerprint density at radius 3 is 1.25 bits per heavy atom. The molecule has 276 valence electrons. The first-order valence-electron chi connectivity index (χ1n) is 19.6. The molecule has 0 unspecified atom stereocenters. The van der Waals surface area contributed by atoms with Crippen molar-refractivity contribution in [3.63, 3.8) is 0 Å². The normalized spacial score (nSPS) is 11.4. The maximum absolute atomic E-state index is 6.07. The van der Waals surface area contributed by atoms with Crippen LogP contribution < -0.4 is 0 Å². The van der Waals surface area contributed by atoms with Crippen LogP contribution in [0.4, 0.5) is 0 Å². The van der Waals surface area contributed by atoms with Crippen LogP contribution >= 0.6 is 0 Å². The third-order valence-corrected chi connectivity index (χ3v) is 10.8. The molecular formula is C53H33N5O. The van der Waals surface area contributed by atoms with Crippen molar-refractivity contribution in [1.82, 2.24) is 24.9 Å². The molecule has 3 aromatic heterocycles. The number of benzene rings is 8. The van der Waals surface area contributed by atoms with Crippen LogP contribution in [0.2, 0.25) is 0 Å². The molecule has 0 atom stereocenters. The molecule has 0 aliphatic rings. The summed E-state index contributed by atoms with van der Waals surface area (Å²) in [6, 6.07) is 68.8. The van der Waals surface area contributed by atoms with Crippen molar-refractivity contribution in [2.75, 3.05) is 0 Å². The van der Waals surface area contributed by atoms with Crippen LogP contribution in [-0.2, 0) is 0 Å². The minimum atomic E-state index is 0.555. The van der Waals surface area contributed by atoms with Crippen molar-refractivity contribution in [3.05, 3.63) is 200 Å². The van der Waals surface area contributed by atoms with Crippen molar-refractivity contribution in [1.29, 1.82) is 0 Å². The second kappa shape index (κ2) is 14.4. The van der Waals surface area contributed by atoms with Gasteiger partial charge in [-0.15, -0.1) is 0 Å². The van der Waals surface area contributed by atoms with E-state index < -0.39 is 0 Å². The van der Waals surface area contributed by atoms with Gasteiger partial charge in [0, 0.05) is 22.1 Å². The number of fused-ring (bicyclic) bond motifs is 4. The quantitative estimate of drug-likeness (QED) is 0.161. The van der Waals surface area contributed by atoms with Crippen molar-refractivity contribution in [2.45, 2.75) is 0 Å². The predicted molar refractivity (Wildman–Crippen MR) is 238 cm³/mol. The van der Waals surface area contributed by atoms with E-state index in [0.717, 1.165) is 83.2 Å². The highest BCUT2D eigenvalue weighted by molar-refractivity contribution is 6.05. The van der Waals surface area contributed by atoms with Gasteiger partial charge in [0.1, 0.15) is 11.1 Å². The smallest absolute Gasteiger partial charge is 0.246 e. The first-order valence-corrected chi connectivity index (χ1v) is 19.6. The topological polar surface area (TPSA) is 77.6 Å². The molecule has 59 heavy (non-hydrogen) atoms. The van der Waals surface area contributed by atoms with Crippen LogP contribution in [0, 0.1) is 0 Å². The van der Waals surface area contributed by atoms with E-state index in [1.165, 1.54) is 5.56 Å². The van der Waals surface area contributed by atoms with E-state index >= 15 is 0 Å². The third-order valence-electron chi connectivity index (χ3n) is 10.8. The minimum Gasteiger partial charge on any atom is -0.436 e. The van der Waals surface area contributed by atoms with Gasteiger partial charge in [0.2, 0.25) is 5.71 Å². The zero-order valence-corrected chi connectivity index (χ0v) is 31.7. The van der Waals surface area contributed by atoms with E-state index in [1.807, 2.05) is 66.7 Å². The summed E-state index contributed by atoms with van der Waals surface area (Å²) in [6.07, 6.45) is 0. The number of nitrogens with zero attached hydrogens (tertiary/aromatic N) is 5. The molecule has 11 aromatic rings. The lowest BCUT2D eigenvalue weighted by Crippen LogP contribution is -2.00. The van der Waals surface area contributed by atoms with Gasteiger partial charge in [-0.05, 0) is 74.8 Å². The van der Waals surface area contributed by atoms with Gasteiger partial charge in [-0.3, -0.25) is 0 Å². The van der Waals surface area contributed by atoms with Crippen LogP contribution in [-0.4, -0.2) is 24.9 Å². The molecular weight excluding hydrogens is 723 g/mol. The highest BCUT2D eigenvalue weighted by atomic mass is 16.3. The molecule has 0 N–H and O–H groups in total. The molecule has 0 fully saturated rings. The highest BCUT2D eigenvalue weighted by Gasteiger charge is 2.15. The fraction of sp³-hybridized carbons (Fsp3) is 0. The Kier molecular flexibility index (Phi) is 8.37. The van der Waals surface area contributed by atoms with E-state index in [9.17, 15) is 0 Å². The number of furan rings is 1. The molecule has 6 heteroatoms.